The van der Waals surface area contributed by atoms with E-state index < -0.39 is 0 Å². The van der Waals surface area contributed by atoms with Gasteiger partial charge in [0.05, 0.1) is 13.2 Å². The van der Waals surface area contributed by atoms with E-state index in [0.717, 1.165) is 5.56 Å². The smallest absolute Gasteiger partial charge is 0.223 e. The highest BCUT2D eigenvalue weighted by Gasteiger charge is 2.40. The molecule has 0 saturated carbocycles. The molecule has 4 heteroatoms. The Labute approximate surface area is 99.2 Å². The van der Waals surface area contributed by atoms with E-state index in [1.807, 2.05) is 12.1 Å². The molecule has 1 fully saturated rings. The molecule has 1 aromatic carbocycles. The average molecular weight is 231 g/mol. The van der Waals surface area contributed by atoms with Gasteiger partial charge in [0.2, 0.25) is 5.91 Å². The van der Waals surface area contributed by atoms with Gasteiger partial charge in [-0.2, -0.15) is 0 Å². The molecule has 1 atom stereocenters. The SMILES string of the molecule is COc1ccc2c(c1)C(=O)C1CCC(=O)N1C2. The number of ether oxygens (including phenoxy) is 1. The van der Waals surface area contributed by atoms with Crippen LogP contribution in [0.2, 0.25) is 0 Å². The molecule has 0 N–H and O–H groups in total. The number of nitrogens with zero attached hydrogens (tertiary/aromatic N) is 1. The highest BCUT2D eigenvalue weighted by atomic mass is 16.5. The minimum Gasteiger partial charge on any atom is -0.497 e. The number of amides is 1. The molecule has 88 valence electrons. The summed E-state index contributed by atoms with van der Waals surface area (Å²) < 4.78 is 5.13. The fourth-order valence-electron chi connectivity index (χ4n) is 2.62. The Morgan fingerprint density at radius 3 is 2.94 bits per heavy atom. The van der Waals surface area contributed by atoms with Crippen LogP contribution in [0, 0.1) is 0 Å². The van der Waals surface area contributed by atoms with Crippen molar-refractivity contribution >= 4 is 11.7 Å². The quantitative estimate of drug-likeness (QED) is 0.733. The molecule has 1 amide bonds. The highest BCUT2D eigenvalue weighted by Crippen LogP contribution is 2.32. The van der Waals surface area contributed by atoms with E-state index in [0.29, 0.717) is 30.7 Å². The molecule has 1 unspecified atom stereocenters. The molecule has 3 rings (SSSR count). The Balaban J connectivity index is 2.06. The monoisotopic (exact) mass is 231 g/mol. The van der Waals surface area contributed by atoms with Crippen LogP contribution in [0.25, 0.3) is 0 Å². The molecule has 0 spiro atoms. The van der Waals surface area contributed by atoms with Gasteiger partial charge in [0.15, 0.2) is 5.78 Å². The van der Waals surface area contributed by atoms with E-state index in [-0.39, 0.29) is 17.7 Å². The van der Waals surface area contributed by atoms with Gasteiger partial charge >= 0.3 is 0 Å². The van der Waals surface area contributed by atoms with E-state index in [1.54, 1.807) is 18.1 Å². The Morgan fingerprint density at radius 1 is 1.35 bits per heavy atom. The minimum atomic E-state index is -0.248. The van der Waals surface area contributed by atoms with Crippen LogP contribution in [0.15, 0.2) is 18.2 Å². The van der Waals surface area contributed by atoms with Crippen LogP contribution in [0.1, 0.15) is 28.8 Å². The standard InChI is InChI=1S/C13H13NO3/c1-17-9-3-2-8-7-14-11(4-5-12(14)15)13(16)10(8)6-9/h2-3,6,11H,4-5,7H2,1H3. The van der Waals surface area contributed by atoms with Crippen molar-refractivity contribution < 1.29 is 14.3 Å². The van der Waals surface area contributed by atoms with Crippen LogP contribution in [-0.2, 0) is 11.3 Å². The van der Waals surface area contributed by atoms with E-state index >= 15 is 0 Å². The molecule has 1 saturated heterocycles. The third kappa shape index (κ3) is 1.44. The van der Waals surface area contributed by atoms with Crippen LogP contribution in [-0.4, -0.2) is 29.7 Å². The molecule has 0 bridgehead atoms. The van der Waals surface area contributed by atoms with Gasteiger partial charge in [0, 0.05) is 18.5 Å². The summed E-state index contributed by atoms with van der Waals surface area (Å²) in [6, 6.07) is 5.22. The second-order valence-corrected chi connectivity index (χ2v) is 4.46. The second-order valence-electron chi connectivity index (χ2n) is 4.46. The normalized spacial score (nSPS) is 22.4. The van der Waals surface area contributed by atoms with Crippen molar-refractivity contribution in [3.05, 3.63) is 29.3 Å². The van der Waals surface area contributed by atoms with Gasteiger partial charge in [-0.15, -0.1) is 0 Å². The molecule has 4 nitrogen and oxygen atoms in total. The Hall–Kier alpha value is -1.84. The topological polar surface area (TPSA) is 46.6 Å². The predicted molar refractivity (Wildman–Crippen MR) is 60.9 cm³/mol. The molecule has 1 aromatic rings. The number of hydrogen-bond acceptors (Lipinski definition) is 3. The van der Waals surface area contributed by atoms with Crippen molar-refractivity contribution in [1.29, 1.82) is 0 Å². The first-order valence-corrected chi connectivity index (χ1v) is 5.71. The number of methoxy groups -OCH3 is 1. The first kappa shape index (κ1) is 10.3. The summed E-state index contributed by atoms with van der Waals surface area (Å²) in [5, 5.41) is 0. The van der Waals surface area contributed by atoms with E-state index in [2.05, 4.69) is 0 Å². The van der Waals surface area contributed by atoms with Crippen molar-refractivity contribution in [1.82, 2.24) is 4.90 Å². The van der Waals surface area contributed by atoms with Crippen LogP contribution in [0.3, 0.4) is 0 Å². The number of fused-ring (bicyclic) bond motifs is 2. The lowest BCUT2D eigenvalue weighted by Crippen LogP contribution is -2.42. The van der Waals surface area contributed by atoms with Gasteiger partial charge in [-0.25, -0.2) is 0 Å². The summed E-state index contributed by atoms with van der Waals surface area (Å²) in [6.45, 7) is 0.550. The third-order valence-corrected chi connectivity index (χ3v) is 3.55. The van der Waals surface area contributed by atoms with Crippen LogP contribution in [0.5, 0.6) is 5.75 Å². The van der Waals surface area contributed by atoms with Crippen LogP contribution < -0.4 is 4.74 Å². The number of carbonyl (C=O) groups is 2. The van der Waals surface area contributed by atoms with Gasteiger partial charge in [-0.3, -0.25) is 9.59 Å². The van der Waals surface area contributed by atoms with Crippen molar-refractivity contribution in [3.8, 4) is 5.75 Å². The van der Waals surface area contributed by atoms with Crippen LogP contribution in [0.4, 0.5) is 0 Å². The van der Waals surface area contributed by atoms with Gasteiger partial charge in [0.1, 0.15) is 5.75 Å². The number of ketones is 1. The zero-order chi connectivity index (χ0) is 12.0. The molecule has 0 radical (unpaired) electrons. The second kappa shape index (κ2) is 3.58. The number of benzene rings is 1. The Bertz CT molecular complexity index is 509. The first-order chi connectivity index (χ1) is 8.20. The Morgan fingerprint density at radius 2 is 2.18 bits per heavy atom. The predicted octanol–water partition coefficient (Wildman–Crippen LogP) is 1.38. The molecular weight excluding hydrogens is 218 g/mol. The highest BCUT2D eigenvalue weighted by molar-refractivity contribution is 6.06. The average Bonchev–Trinajstić information content (AvgIpc) is 2.72. The van der Waals surface area contributed by atoms with Gasteiger partial charge in [-0.1, -0.05) is 6.07 Å². The van der Waals surface area contributed by atoms with E-state index in [9.17, 15) is 9.59 Å². The maximum atomic E-state index is 12.3. The molecule has 17 heavy (non-hydrogen) atoms. The summed E-state index contributed by atoms with van der Waals surface area (Å²) in [7, 11) is 1.58. The summed E-state index contributed by atoms with van der Waals surface area (Å²) in [6.07, 6.45) is 1.13. The maximum absolute atomic E-state index is 12.3. The fraction of sp³-hybridized carbons (Fsp3) is 0.385. The fourth-order valence-corrected chi connectivity index (χ4v) is 2.62. The van der Waals surface area contributed by atoms with E-state index in [1.165, 1.54) is 0 Å². The zero-order valence-corrected chi connectivity index (χ0v) is 9.60. The van der Waals surface area contributed by atoms with Crippen molar-refractivity contribution in [2.75, 3.05) is 7.11 Å². The van der Waals surface area contributed by atoms with Gasteiger partial charge < -0.3 is 9.64 Å². The minimum absolute atomic E-state index is 0.0519. The van der Waals surface area contributed by atoms with Crippen LogP contribution >= 0.6 is 0 Å². The number of hydrogen-bond donors (Lipinski definition) is 0. The van der Waals surface area contributed by atoms with Gasteiger partial charge in [0.25, 0.3) is 0 Å². The molecule has 0 aromatic heterocycles. The largest absolute Gasteiger partial charge is 0.497 e. The lowest BCUT2D eigenvalue weighted by Gasteiger charge is -2.30. The lowest BCUT2D eigenvalue weighted by atomic mass is 9.93. The van der Waals surface area contributed by atoms with Crippen molar-refractivity contribution in [2.24, 2.45) is 0 Å². The zero-order valence-electron chi connectivity index (χ0n) is 9.60. The van der Waals surface area contributed by atoms with Crippen molar-refractivity contribution in [2.45, 2.75) is 25.4 Å². The number of rotatable bonds is 1. The molecule has 2 aliphatic rings. The summed E-state index contributed by atoms with van der Waals surface area (Å²) >= 11 is 0. The summed E-state index contributed by atoms with van der Waals surface area (Å²) in [4.78, 5) is 25.6. The maximum Gasteiger partial charge on any atom is 0.223 e. The molecule has 2 aliphatic heterocycles. The summed E-state index contributed by atoms with van der Waals surface area (Å²) in [5.41, 5.74) is 1.63. The number of carbonyl (C=O) groups excluding carboxylic acids is 2. The third-order valence-electron chi connectivity index (χ3n) is 3.55. The van der Waals surface area contributed by atoms with Crippen molar-refractivity contribution in [3.63, 3.8) is 0 Å². The molecule has 0 aliphatic carbocycles. The van der Waals surface area contributed by atoms with Gasteiger partial charge in [-0.05, 0) is 24.1 Å². The molecule has 2 heterocycles. The molecular formula is C13H13NO3. The lowest BCUT2D eigenvalue weighted by molar-refractivity contribution is -0.129. The summed E-state index contributed by atoms with van der Waals surface area (Å²) in [5.74, 6) is 0.829. The Kier molecular flexibility index (Phi) is 2.18. The first-order valence-electron chi connectivity index (χ1n) is 5.71. The van der Waals surface area contributed by atoms with E-state index in [4.69, 9.17) is 4.74 Å². The number of Topliss-reactive ketones (excluding diaryl/α,β-unsaturated/α-hetero) is 1.